The Balaban J connectivity index is 2.13. The van der Waals surface area contributed by atoms with Crippen LogP contribution in [-0.4, -0.2) is 36.7 Å². The normalized spacial score (nSPS) is 17.2. The van der Waals surface area contributed by atoms with E-state index in [1.54, 1.807) is 13.4 Å². The fourth-order valence-corrected chi connectivity index (χ4v) is 2.33. The molecule has 1 saturated heterocycles. The molecule has 2 rings (SSSR count). The SMILES string of the molecule is COc1ncnc(N2CCC(CN)CC2)c1C. The molecule has 1 aliphatic heterocycles. The van der Waals surface area contributed by atoms with Gasteiger partial charge in [0.05, 0.1) is 12.7 Å². The number of rotatable bonds is 3. The highest BCUT2D eigenvalue weighted by Gasteiger charge is 2.21. The number of hydrogen-bond donors (Lipinski definition) is 1. The first-order valence-electron chi connectivity index (χ1n) is 6.07. The lowest BCUT2D eigenvalue weighted by Gasteiger charge is -2.33. The summed E-state index contributed by atoms with van der Waals surface area (Å²) in [5.74, 6) is 2.32. The van der Waals surface area contributed by atoms with E-state index in [1.165, 1.54) is 0 Å². The van der Waals surface area contributed by atoms with Gasteiger partial charge in [0.25, 0.3) is 0 Å². The number of anilines is 1. The molecule has 1 aromatic rings. The number of aromatic nitrogens is 2. The van der Waals surface area contributed by atoms with Crippen molar-refractivity contribution < 1.29 is 4.74 Å². The van der Waals surface area contributed by atoms with Gasteiger partial charge >= 0.3 is 0 Å². The van der Waals surface area contributed by atoms with Crippen molar-refractivity contribution in [2.45, 2.75) is 19.8 Å². The minimum atomic E-state index is 0.662. The van der Waals surface area contributed by atoms with Crippen LogP contribution in [0, 0.1) is 12.8 Å². The molecule has 0 bridgehead atoms. The largest absolute Gasteiger partial charge is 0.481 e. The smallest absolute Gasteiger partial charge is 0.221 e. The third-order valence-corrected chi connectivity index (χ3v) is 3.45. The lowest BCUT2D eigenvalue weighted by Crippen LogP contribution is -2.37. The summed E-state index contributed by atoms with van der Waals surface area (Å²) in [5.41, 5.74) is 6.71. The Morgan fingerprint density at radius 2 is 2.12 bits per heavy atom. The van der Waals surface area contributed by atoms with Gasteiger partial charge in [0.1, 0.15) is 12.1 Å². The lowest BCUT2D eigenvalue weighted by molar-refractivity contribution is 0.390. The summed E-state index contributed by atoms with van der Waals surface area (Å²) in [4.78, 5) is 10.8. The molecule has 1 fully saturated rings. The topological polar surface area (TPSA) is 64.3 Å². The number of nitrogens with two attached hydrogens (primary N) is 1. The predicted octanol–water partition coefficient (Wildman–Crippen LogP) is 0.969. The van der Waals surface area contributed by atoms with Gasteiger partial charge in [0.2, 0.25) is 5.88 Å². The molecule has 17 heavy (non-hydrogen) atoms. The molecule has 0 atom stereocenters. The molecule has 5 nitrogen and oxygen atoms in total. The molecule has 2 heterocycles. The molecule has 0 amide bonds. The van der Waals surface area contributed by atoms with Gasteiger partial charge in [-0.3, -0.25) is 0 Å². The molecule has 0 unspecified atom stereocenters. The second kappa shape index (κ2) is 5.31. The number of hydrogen-bond acceptors (Lipinski definition) is 5. The van der Waals surface area contributed by atoms with Crippen molar-refractivity contribution in [2.24, 2.45) is 11.7 Å². The van der Waals surface area contributed by atoms with Crippen LogP contribution in [-0.2, 0) is 0 Å². The molecule has 5 heteroatoms. The summed E-state index contributed by atoms with van der Waals surface area (Å²) in [7, 11) is 1.64. The van der Waals surface area contributed by atoms with Gasteiger partial charge < -0.3 is 15.4 Å². The van der Waals surface area contributed by atoms with Gasteiger partial charge in [-0.15, -0.1) is 0 Å². The van der Waals surface area contributed by atoms with Crippen LogP contribution in [0.15, 0.2) is 6.33 Å². The summed E-state index contributed by atoms with van der Waals surface area (Å²) >= 11 is 0. The summed E-state index contributed by atoms with van der Waals surface area (Å²) < 4.78 is 5.22. The molecular formula is C12H20N4O. The minimum Gasteiger partial charge on any atom is -0.481 e. The molecule has 0 aliphatic carbocycles. The van der Waals surface area contributed by atoms with E-state index in [1.807, 2.05) is 6.92 Å². The highest BCUT2D eigenvalue weighted by Crippen LogP contribution is 2.27. The molecule has 2 N–H and O–H groups in total. The van der Waals surface area contributed by atoms with Crippen LogP contribution in [0.3, 0.4) is 0 Å². The Hall–Kier alpha value is -1.36. The second-order valence-electron chi connectivity index (χ2n) is 4.50. The number of nitrogens with zero attached hydrogens (tertiary/aromatic N) is 3. The average molecular weight is 236 g/mol. The minimum absolute atomic E-state index is 0.662. The van der Waals surface area contributed by atoms with E-state index < -0.39 is 0 Å². The monoisotopic (exact) mass is 236 g/mol. The third-order valence-electron chi connectivity index (χ3n) is 3.45. The summed E-state index contributed by atoms with van der Waals surface area (Å²) in [6.07, 6.45) is 3.85. The molecule has 0 aromatic carbocycles. The van der Waals surface area contributed by atoms with Crippen molar-refractivity contribution in [3.63, 3.8) is 0 Å². The Morgan fingerprint density at radius 1 is 1.41 bits per heavy atom. The van der Waals surface area contributed by atoms with Gasteiger partial charge in [-0.2, -0.15) is 0 Å². The highest BCUT2D eigenvalue weighted by atomic mass is 16.5. The molecule has 1 aliphatic rings. The fraction of sp³-hybridized carbons (Fsp3) is 0.667. The van der Waals surface area contributed by atoms with E-state index >= 15 is 0 Å². The first-order valence-corrected chi connectivity index (χ1v) is 6.07. The summed E-state index contributed by atoms with van der Waals surface area (Å²) in [6.45, 7) is 4.83. The van der Waals surface area contributed by atoms with E-state index in [9.17, 15) is 0 Å². The number of methoxy groups -OCH3 is 1. The molecule has 0 spiro atoms. The standard InChI is InChI=1S/C12H20N4O/c1-9-11(14-8-15-12(9)17-2)16-5-3-10(7-13)4-6-16/h8,10H,3-7,13H2,1-2H3. The summed E-state index contributed by atoms with van der Waals surface area (Å²) in [5, 5.41) is 0. The molecular weight excluding hydrogens is 216 g/mol. The fourth-order valence-electron chi connectivity index (χ4n) is 2.33. The lowest BCUT2D eigenvalue weighted by atomic mass is 9.97. The first-order chi connectivity index (χ1) is 8.26. The zero-order chi connectivity index (χ0) is 12.3. The average Bonchev–Trinajstić information content (AvgIpc) is 2.39. The first kappa shape index (κ1) is 12.1. The van der Waals surface area contributed by atoms with Gasteiger partial charge in [0.15, 0.2) is 0 Å². The molecule has 94 valence electrons. The van der Waals surface area contributed by atoms with E-state index in [0.717, 1.165) is 43.9 Å². The van der Waals surface area contributed by atoms with Crippen molar-refractivity contribution in [3.8, 4) is 5.88 Å². The van der Waals surface area contributed by atoms with Gasteiger partial charge in [-0.1, -0.05) is 0 Å². The maximum Gasteiger partial charge on any atom is 0.221 e. The van der Waals surface area contributed by atoms with Gasteiger partial charge in [0, 0.05) is 13.1 Å². The highest BCUT2D eigenvalue weighted by molar-refractivity contribution is 5.50. The quantitative estimate of drug-likeness (QED) is 0.847. The van der Waals surface area contributed by atoms with E-state index in [4.69, 9.17) is 10.5 Å². The summed E-state index contributed by atoms with van der Waals surface area (Å²) in [6, 6.07) is 0. The molecule has 1 aromatic heterocycles. The Kier molecular flexibility index (Phi) is 3.78. The van der Waals surface area contributed by atoms with Crippen LogP contribution < -0.4 is 15.4 Å². The van der Waals surface area contributed by atoms with Crippen molar-refractivity contribution in [1.82, 2.24) is 9.97 Å². The second-order valence-corrected chi connectivity index (χ2v) is 4.50. The number of piperidine rings is 1. The third kappa shape index (κ3) is 2.49. The van der Waals surface area contributed by atoms with Gasteiger partial charge in [-0.25, -0.2) is 9.97 Å². The van der Waals surface area contributed by atoms with E-state index in [0.29, 0.717) is 11.8 Å². The van der Waals surface area contributed by atoms with Crippen LogP contribution in [0.2, 0.25) is 0 Å². The maximum atomic E-state index is 5.70. The zero-order valence-corrected chi connectivity index (χ0v) is 10.5. The van der Waals surface area contributed by atoms with Crippen molar-refractivity contribution >= 4 is 5.82 Å². The Labute approximate surface area is 102 Å². The van der Waals surface area contributed by atoms with Crippen molar-refractivity contribution in [3.05, 3.63) is 11.9 Å². The maximum absolute atomic E-state index is 5.70. The van der Waals surface area contributed by atoms with E-state index in [-0.39, 0.29) is 0 Å². The zero-order valence-electron chi connectivity index (χ0n) is 10.5. The Bertz CT molecular complexity index is 375. The van der Waals surface area contributed by atoms with Gasteiger partial charge in [-0.05, 0) is 32.2 Å². The predicted molar refractivity (Wildman–Crippen MR) is 67.3 cm³/mol. The molecule has 0 radical (unpaired) electrons. The molecule has 0 saturated carbocycles. The van der Waals surface area contributed by atoms with E-state index in [2.05, 4.69) is 14.9 Å². The van der Waals surface area contributed by atoms with Crippen LogP contribution in [0.5, 0.6) is 5.88 Å². The van der Waals surface area contributed by atoms with Crippen LogP contribution in [0.25, 0.3) is 0 Å². The number of ether oxygens (including phenoxy) is 1. The van der Waals surface area contributed by atoms with Crippen molar-refractivity contribution in [2.75, 3.05) is 31.6 Å². The van der Waals surface area contributed by atoms with Crippen LogP contribution >= 0.6 is 0 Å². The van der Waals surface area contributed by atoms with Crippen LogP contribution in [0.4, 0.5) is 5.82 Å². The van der Waals surface area contributed by atoms with Crippen LogP contribution in [0.1, 0.15) is 18.4 Å². The van der Waals surface area contributed by atoms with Crippen molar-refractivity contribution in [1.29, 1.82) is 0 Å². The Morgan fingerprint density at radius 3 is 2.71 bits per heavy atom.